The van der Waals surface area contributed by atoms with Crippen molar-refractivity contribution < 1.29 is 23.5 Å². The van der Waals surface area contributed by atoms with Gasteiger partial charge < -0.3 is 14.1 Å². The Balaban J connectivity index is 1.08. The van der Waals surface area contributed by atoms with Crippen LogP contribution >= 0.6 is 0 Å². The number of piperidine rings is 2. The summed E-state index contributed by atoms with van der Waals surface area (Å²) in [5.41, 5.74) is 3.56. The van der Waals surface area contributed by atoms with Gasteiger partial charge >= 0.3 is 0 Å². The predicted octanol–water partition coefficient (Wildman–Crippen LogP) is 3.24. The van der Waals surface area contributed by atoms with Gasteiger partial charge in [-0.2, -0.15) is 0 Å². The highest BCUT2D eigenvalue weighted by molar-refractivity contribution is 6.05. The topological polar surface area (TPSA) is 118 Å². The summed E-state index contributed by atoms with van der Waals surface area (Å²) in [4.78, 5) is 40.8. The van der Waals surface area contributed by atoms with Crippen molar-refractivity contribution in [3.05, 3.63) is 65.0 Å². The van der Waals surface area contributed by atoms with Crippen LogP contribution in [0.25, 0.3) is 11.5 Å². The standard InChI is InChI=1S/C29H31N5O5/c1-18-31-32-28(39-18)20-7-5-19(6-8-20)15-33-13-3-2-4-22(33)17-38-23-9-10-24-21(14-23)16-34(29(24)37)25-11-12-26(35)30-27(25)36/h5-10,14,22,25H,2-4,11-13,15-17H2,1H3,(H,30,35,36)/t22-,25?/m1/s1. The lowest BCUT2D eigenvalue weighted by Crippen LogP contribution is -2.52. The number of imide groups is 1. The van der Waals surface area contributed by atoms with Crippen LogP contribution in [0.3, 0.4) is 0 Å². The maximum Gasteiger partial charge on any atom is 0.255 e. The lowest BCUT2D eigenvalue weighted by molar-refractivity contribution is -0.136. The van der Waals surface area contributed by atoms with Gasteiger partial charge in [0.15, 0.2) is 0 Å². The lowest BCUT2D eigenvalue weighted by Gasteiger charge is -2.35. The van der Waals surface area contributed by atoms with Crippen LogP contribution in [0.15, 0.2) is 46.9 Å². The molecule has 3 aliphatic heterocycles. The van der Waals surface area contributed by atoms with Gasteiger partial charge in [0.2, 0.25) is 23.6 Å². The third kappa shape index (κ3) is 5.29. The van der Waals surface area contributed by atoms with Crippen molar-refractivity contribution in [2.24, 2.45) is 0 Å². The first-order valence-corrected chi connectivity index (χ1v) is 13.5. The molecule has 0 aliphatic carbocycles. The zero-order chi connectivity index (χ0) is 26.9. The van der Waals surface area contributed by atoms with Crippen LogP contribution in [0, 0.1) is 6.92 Å². The van der Waals surface area contributed by atoms with Crippen molar-refractivity contribution in [1.29, 1.82) is 0 Å². The van der Waals surface area contributed by atoms with E-state index in [-0.39, 0.29) is 24.3 Å². The van der Waals surface area contributed by atoms with Gasteiger partial charge in [-0.3, -0.25) is 24.6 Å². The third-order valence-electron chi connectivity index (χ3n) is 7.80. The molecule has 0 saturated carbocycles. The summed E-state index contributed by atoms with van der Waals surface area (Å²) in [5, 5.41) is 10.3. The van der Waals surface area contributed by atoms with Gasteiger partial charge in [0.05, 0.1) is 0 Å². The Kier molecular flexibility index (Phi) is 6.86. The number of rotatable bonds is 7. The van der Waals surface area contributed by atoms with Crippen LogP contribution in [0.1, 0.15) is 59.5 Å². The number of likely N-dealkylation sites (tertiary alicyclic amines) is 1. The highest BCUT2D eigenvalue weighted by atomic mass is 16.5. The fourth-order valence-corrected chi connectivity index (χ4v) is 5.69. The van der Waals surface area contributed by atoms with E-state index in [1.807, 2.05) is 24.3 Å². The van der Waals surface area contributed by atoms with Crippen molar-refractivity contribution in [3.63, 3.8) is 0 Å². The highest BCUT2D eigenvalue weighted by Gasteiger charge is 2.39. The molecule has 4 heterocycles. The maximum atomic E-state index is 13.0. The maximum absolute atomic E-state index is 13.0. The van der Waals surface area contributed by atoms with Crippen molar-refractivity contribution in [2.45, 2.75) is 64.2 Å². The molecule has 2 saturated heterocycles. The summed E-state index contributed by atoms with van der Waals surface area (Å²) >= 11 is 0. The number of hydrogen-bond acceptors (Lipinski definition) is 8. The van der Waals surface area contributed by atoms with Gasteiger partial charge in [-0.25, -0.2) is 0 Å². The predicted molar refractivity (Wildman–Crippen MR) is 141 cm³/mol. The summed E-state index contributed by atoms with van der Waals surface area (Å²) in [7, 11) is 0. The number of ether oxygens (including phenoxy) is 1. The van der Waals surface area contributed by atoms with Crippen molar-refractivity contribution >= 4 is 17.7 Å². The van der Waals surface area contributed by atoms with Crippen LogP contribution in [0.2, 0.25) is 0 Å². The van der Waals surface area contributed by atoms with Crippen LogP contribution in [0.5, 0.6) is 5.75 Å². The van der Waals surface area contributed by atoms with Crippen LogP contribution in [0.4, 0.5) is 0 Å². The molecule has 3 amide bonds. The third-order valence-corrected chi connectivity index (χ3v) is 7.80. The van der Waals surface area contributed by atoms with Crippen LogP contribution in [-0.2, 0) is 22.7 Å². The molecule has 0 radical (unpaired) electrons. The largest absolute Gasteiger partial charge is 0.492 e. The molecule has 2 aromatic carbocycles. The minimum atomic E-state index is -0.618. The molecule has 2 atom stereocenters. The second kappa shape index (κ2) is 10.6. The quantitative estimate of drug-likeness (QED) is 0.464. The smallest absolute Gasteiger partial charge is 0.255 e. The first-order chi connectivity index (χ1) is 18.9. The Morgan fingerprint density at radius 1 is 1.05 bits per heavy atom. The molecule has 1 aromatic heterocycles. The average molecular weight is 530 g/mol. The Bertz CT molecular complexity index is 1400. The van der Waals surface area contributed by atoms with Gasteiger partial charge in [-0.15, -0.1) is 10.2 Å². The monoisotopic (exact) mass is 529 g/mol. The van der Waals surface area contributed by atoms with Crippen molar-refractivity contribution in [3.8, 4) is 17.2 Å². The summed E-state index contributed by atoms with van der Waals surface area (Å²) in [6, 6.07) is 13.4. The van der Waals surface area contributed by atoms with Gasteiger partial charge in [0, 0.05) is 43.6 Å². The molecule has 202 valence electrons. The zero-order valence-electron chi connectivity index (χ0n) is 21.9. The fraction of sp³-hybridized carbons (Fsp3) is 0.414. The van der Waals surface area contributed by atoms with E-state index < -0.39 is 11.9 Å². The van der Waals surface area contributed by atoms with E-state index in [0.717, 1.165) is 42.8 Å². The summed E-state index contributed by atoms with van der Waals surface area (Å²) in [5.74, 6) is 0.928. The van der Waals surface area contributed by atoms with E-state index in [2.05, 4.69) is 32.5 Å². The molecule has 6 rings (SSSR count). The number of carbonyl (C=O) groups is 3. The number of hydrogen-bond donors (Lipinski definition) is 1. The SMILES string of the molecule is Cc1nnc(-c2ccc(CN3CCCC[C@@H]3COc3ccc4c(c3)CN(C3CCC(=O)NC3=O)C4=O)cc2)o1. The van der Waals surface area contributed by atoms with Crippen LogP contribution in [-0.4, -0.2) is 63.0 Å². The second-order valence-electron chi connectivity index (χ2n) is 10.5. The fourth-order valence-electron chi connectivity index (χ4n) is 5.69. The number of fused-ring (bicyclic) bond motifs is 1. The second-order valence-corrected chi connectivity index (χ2v) is 10.5. The molecule has 0 bridgehead atoms. The molecule has 3 aromatic rings. The molecule has 39 heavy (non-hydrogen) atoms. The van der Waals surface area contributed by atoms with Crippen molar-refractivity contribution in [2.75, 3.05) is 13.2 Å². The first-order valence-electron chi connectivity index (χ1n) is 13.5. The number of nitrogens with one attached hydrogen (secondary N) is 1. The Hall–Kier alpha value is -4.05. The van der Waals surface area contributed by atoms with Crippen LogP contribution < -0.4 is 10.1 Å². The zero-order valence-corrected chi connectivity index (χ0v) is 21.9. The highest BCUT2D eigenvalue weighted by Crippen LogP contribution is 2.31. The molecule has 10 heteroatoms. The number of nitrogens with zero attached hydrogens (tertiary/aromatic N) is 4. The van der Waals surface area contributed by atoms with Gasteiger partial charge in [-0.05, 0) is 67.3 Å². The molecular weight excluding hydrogens is 498 g/mol. The van der Waals surface area contributed by atoms with Gasteiger partial charge in [0.1, 0.15) is 18.4 Å². The van der Waals surface area contributed by atoms with E-state index in [1.165, 1.54) is 12.0 Å². The molecule has 3 aliphatic rings. The van der Waals surface area contributed by atoms with E-state index in [4.69, 9.17) is 9.15 Å². The van der Waals surface area contributed by atoms with E-state index in [9.17, 15) is 14.4 Å². The molecule has 0 spiro atoms. The summed E-state index contributed by atoms with van der Waals surface area (Å²) < 4.78 is 11.8. The lowest BCUT2D eigenvalue weighted by atomic mass is 10.0. The average Bonchev–Trinajstić information content (AvgIpc) is 3.51. The molecule has 10 nitrogen and oxygen atoms in total. The number of aromatic nitrogens is 2. The molecule has 2 fully saturated rings. The van der Waals surface area contributed by atoms with E-state index >= 15 is 0 Å². The molecule has 1 unspecified atom stereocenters. The summed E-state index contributed by atoms with van der Waals surface area (Å²) in [6.07, 6.45) is 3.98. The summed E-state index contributed by atoms with van der Waals surface area (Å²) in [6.45, 7) is 4.52. The van der Waals surface area contributed by atoms with E-state index in [1.54, 1.807) is 17.9 Å². The van der Waals surface area contributed by atoms with Crippen molar-refractivity contribution in [1.82, 2.24) is 25.3 Å². The van der Waals surface area contributed by atoms with E-state index in [0.29, 0.717) is 36.9 Å². The normalized spacial score (nSPS) is 21.7. The number of benzene rings is 2. The number of carbonyl (C=O) groups excluding carboxylic acids is 3. The molecular formula is C29H31N5O5. The number of aryl methyl sites for hydroxylation is 1. The Morgan fingerprint density at radius 3 is 2.67 bits per heavy atom. The minimum absolute atomic E-state index is 0.176. The van der Waals surface area contributed by atoms with Gasteiger partial charge in [-0.1, -0.05) is 18.6 Å². The Morgan fingerprint density at radius 2 is 1.90 bits per heavy atom. The minimum Gasteiger partial charge on any atom is -0.492 e. The van der Waals surface area contributed by atoms with Gasteiger partial charge in [0.25, 0.3) is 5.91 Å². The first kappa shape index (κ1) is 25.2. The Labute approximate surface area is 226 Å². The number of amides is 3. The molecule has 1 N–H and O–H groups in total.